The Hall–Kier alpha value is 0.110. The molecule has 3 heteroatoms. The van der Waals surface area contributed by atoms with E-state index >= 15 is 0 Å². The van der Waals surface area contributed by atoms with Crippen LogP contribution in [0.25, 0.3) is 0 Å². The second-order valence-corrected chi connectivity index (χ2v) is 4.77. The van der Waals surface area contributed by atoms with Crippen LogP contribution < -0.4 is 5.14 Å². The van der Waals surface area contributed by atoms with Crippen LogP contribution in [0, 0.1) is 11.8 Å². The topological polar surface area (TPSA) is 43.1 Å². The Balaban J connectivity index is 2.22. The van der Waals surface area contributed by atoms with E-state index < -0.39 is 11.0 Å². The minimum absolute atomic E-state index is 0.636. The lowest BCUT2D eigenvalue weighted by molar-refractivity contribution is 0.310. The highest BCUT2D eigenvalue weighted by molar-refractivity contribution is 7.82. The Labute approximate surface area is 71.1 Å². The predicted molar refractivity (Wildman–Crippen MR) is 48.3 cm³/mol. The van der Waals surface area contributed by atoms with Gasteiger partial charge in [0, 0.05) is 5.75 Å². The molecule has 66 valence electrons. The normalized spacial score (nSPS) is 35.1. The molecule has 2 nitrogen and oxygen atoms in total. The maximum Gasteiger partial charge on any atom is 0.0890 e. The maximum atomic E-state index is 10.7. The lowest BCUT2D eigenvalue weighted by Crippen LogP contribution is -2.21. The Morgan fingerprint density at radius 2 is 1.91 bits per heavy atom. The van der Waals surface area contributed by atoms with Crippen molar-refractivity contribution in [3.63, 3.8) is 0 Å². The van der Waals surface area contributed by atoms with Crippen LogP contribution >= 0.6 is 0 Å². The molecule has 1 aliphatic carbocycles. The van der Waals surface area contributed by atoms with Gasteiger partial charge in [-0.05, 0) is 24.7 Å². The van der Waals surface area contributed by atoms with Gasteiger partial charge in [0.2, 0.25) is 0 Å². The zero-order valence-electron chi connectivity index (χ0n) is 7.08. The summed E-state index contributed by atoms with van der Waals surface area (Å²) >= 11 is 0. The summed E-state index contributed by atoms with van der Waals surface area (Å²) in [6, 6.07) is 0. The SMILES string of the molecule is CC1CCC(CS(N)=O)CC1. The first-order valence-electron chi connectivity index (χ1n) is 4.31. The molecule has 1 atom stereocenters. The molecule has 0 radical (unpaired) electrons. The van der Waals surface area contributed by atoms with Gasteiger partial charge >= 0.3 is 0 Å². The highest BCUT2D eigenvalue weighted by Crippen LogP contribution is 2.28. The Morgan fingerprint density at radius 1 is 1.36 bits per heavy atom. The van der Waals surface area contributed by atoms with Crippen LogP contribution in [-0.4, -0.2) is 9.96 Å². The van der Waals surface area contributed by atoms with Crippen molar-refractivity contribution in [1.82, 2.24) is 0 Å². The summed E-state index contributed by atoms with van der Waals surface area (Å²) in [5.74, 6) is 2.22. The first kappa shape index (κ1) is 9.20. The maximum absolute atomic E-state index is 10.7. The molecule has 0 bridgehead atoms. The van der Waals surface area contributed by atoms with Crippen LogP contribution in [-0.2, 0) is 11.0 Å². The smallest absolute Gasteiger partial charge is 0.0890 e. The van der Waals surface area contributed by atoms with Gasteiger partial charge in [0.1, 0.15) is 0 Å². The highest BCUT2D eigenvalue weighted by atomic mass is 32.2. The van der Waals surface area contributed by atoms with Gasteiger partial charge in [0.15, 0.2) is 0 Å². The number of hydrogen-bond donors (Lipinski definition) is 1. The van der Waals surface area contributed by atoms with E-state index in [4.69, 9.17) is 5.14 Å². The van der Waals surface area contributed by atoms with E-state index in [1.165, 1.54) is 25.7 Å². The Morgan fingerprint density at radius 3 is 2.36 bits per heavy atom. The third kappa shape index (κ3) is 3.34. The van der Waals surface area contributed by atoms with Gasteiger partial charge in [-0.3, -0.25) is 5.14 Å². The molecule has 0 aromatic rings. The van der Waals surface area contributed by atoms with Gasteiger partial charge in [-0.1, -0.05) is 19.8 Å². The number of hydrogen-bond acceptors (Lipinski definition) is 1. The van der Waals surface area contributed by atoms with Crippen molar-refractivity contribution < 1.29 is 4.21 Å². The Kier molecular flexibility index (Phi) is 3.52. The molecule has 0 aromatic heterocycles. The fourth-order valence-corrected chi connectivity index (χ4v) is 2.53. The minimum atomic E-state index is -1.07. The summed E-state index contributed by atoms with van der Waals surface area (Å²) in [4.78, 5) is 0. The van der Waals surface area contributed by atoms with Gasteiger partial charge < -0.3 is 0 Å². The van der Waals surface area contributed by atoms with Crippen LogP contribution in [0.5, 0.6) is 0 Å². The molecule has 1 rings (SSSR count). The average molecular weight is 175 g/mol. The van der Waals surface area contributed by atoms with Crippen molar-refractivity contribution in [3.8, 4) is 0 Å². The second-order valence-electron chi connectivity index (χ2n) is 3.67. The number of nitrogens with two attached hydrogens (primary N) is 1. The largest absolute Gasteiger partial charge is 0.252 e. The molecular weight excluding hydrogens is 158 g/mol. The van der Waals surface area contributed by atoms with Crippen LogP contribution in [0.3, 0.4) is 0 Å². The van der Waals surface area contributed by atoms with E-state index in [9.17, 15) is 4.21 Å². The lowest BCUT2D eigenvalue weighted by Gasteiger charge is -2.24. The molecule has 2 N–H and O–H groups in total. The van der Waals surface area contributed by atoms with E-state index in [1.54, 1.807) is 0 Å². The molecule has 1 unspecified atom stereocenters. The van der Waals surface area contributed by atoms with Crippen molar-refractivity contribution in [2.24, 2.45) is 17.0 Å². The first-order chi connectivity index (χ1) is 5.18. The molecule has 0 heterocycles. The van der Waals surface area contributed by atoms with Gasteiger partial charge in [0.25, 0.3) is 0 Å². The van der Waals surface area contributed by atoms with Crippen LogP contribution in [0.4, 0.5) is 0 Å². The second kappa shape index (κ2) is 4.21. The fraction of sp³-hybridized carbons (Fsp3) is 1.00. The standard InChI is InChI=1S/C8H17NOS/c1-7-2-4-8(5-3-7)6-11(9)10/h7-8H,2-6,9H2,1H3. The molecule has 1 fully saturated rings. The molecule has 0 aromatic carbocycles. The summed E-state index contributed by atoms with van der Waals surface area (Å²) in [7, 11) is -1.07. The van der Waals surface area contributed by atoms with Crippen LogP contribution in [0.1, 0.15) is 32.6 Å². The first-order valence-corrected chi connectivity index (χ1v) is 5.69. The monoisotopic (exact) mass is 175 g/mol. The van der Waals surface area contributed by atoms with Crippen molar-refractivity contribution in [3.05, 3.63) is 0 Å². The molecule has 11 heavy (non-hydrogen) atoms. The van der Waals surface area contributed by atoms with Gasteiger partial charge in [-0.15, -0.1) is 0 Å². The van der Waals surface area contributed by atoms with Gasteiger partial charge in [-0.2, -0.15) is 0 Å². The van der Waals surface area contributed by atoms with Crippen LogP contribution in [0.2, 0.25) is 0 Å². The van der Waals surface area contributed by atoms with Crippen molar-refractivity contribution in [2.75, 3.05) is 5.75 Å². The Bertz CT molecular complexity index is 141. The average Bonchev–Trinajstić information content (AvgIpc) is 1.93. The summed E-state index contributed by atoms with van der Waals surface area (Å²) < 4.78 is 10.7. The quantitative estimate of drug-likeness (QED) is 0.678. The lowest BCUT2D eigenvalue weighted by atomic mass is 9.84. The summed E-state index contributed by atoms with van der Waals surface area (Å²) in [5.41, 5.74) is 0. The zero-order valence-corrected chi connectivity index (χ0v) is 7.90. The van der Waals surface area contributed by atoms with Crippen molar-refractivity contribution in [2.45, 2.75) is 32.6 Å². The summed E-state index contributed by atoms with van der Waals surface area (Å²) in [6.45, 7) is 2.29. The fourth-order valence-electron chi connectivity index (χ4n) is 1.73. The van der Waals surface area contributed by atoms with E-state index in [-0.39, 0.29) is 0 Å². The van der Waals surface area contributed by atoms with Crippen molar-refractivity contribution >= 4 is 11.0 Å². The zero-order chi connectivity index (χ0) is 8.27. The number of rotatable bonds is 2. The van der Waals surface area contributed by atoms with E-state index in [0.717, 1.165) is 5.92 Å². The molecular formula is C8H17NOS. The van der Waals surface area contributed by atoms with E-state index in [2.05, 4.69) is 6.92 Å². The molecule has 1 saturated carbocycles. The molecule has 0 aliphatic heterocycles. The van der Waals surface area contributed by atoms with Gasteiger partial charge in [-0.25, -0.2) is 4.21 Å². The predicted octanol–water partition coefficient (Wildman–Crippen LogP) is 1.44. The van der Waals surface area contributed by atoms with Crippen molar-refractivity contribution in [1.29, 1.82) is 0 Å². The van der Waals surface area contributed by atoms with Gasteiger partial charge in [0.05, 0.1) is 11.0 Å². The van der Waals surface area contributed by atoms with E-state index in [1.807, 2.05) is 0 Å². The highest BCUT2D eigenvalue weighted by Gasteiger charge is 2.18. The minimum Gasteiger partial charge on any atom is -0.252 e. The molecule has 0 saturated heterocycles. The molecule has 1 aliphatic rings. The van der Waals surface area contributed by atoms with Crippen LogP contribution in [0.15, 0.2) is 0 Å². The summed E-state index contributed by atoms with van der Waals surface area (Å²) in [6.07, 6.45) is 5.04. The third-order valence-corrected chi connectivity index (χ3v) is 3.34. The third-order valence-electron chi connectivity index (χ3n) is 2.54. The molecule has 0 spiro atoms. The summed E-state index contributed by atoms with van der Waals surface area (Å²) in [5, 5.41) is 5.23. The van der Waals surface area contributed by atoms with E-state index in [0.29, 0.717) is 11.7 Å². The molecule has 0 amide bonds.